The van der Waals surface area contributed by atoms with Gasteiger partial charge in [-0.15, -0.1) is 23.7 Å². The Bertz CT molecular complexity index is 740. The van der Waals surface area contributed by atoms with Gasteiger partial charge in [0, 0.05) is 16.9 Å². The molecule has 3 rings (SSSR count). The number of nitrogens with two attached hydrogens (primary N) is 1. The SMILES string of the molecule is COc1ccc(-c2csc(NC(=O)[C@@H]3CCC[C@@H]3CN)n2)cc1F.Cl. The maximum atomic E-state index is 13.8. The predicted molar refractivity (Wildman–Crippen MR) is 99.8 cm³/mol. The minimum Gasteiger partial charge on any atom is -0.494 e. The van der Waals surface area contributed by atoms with Gasteiger partial charge in [0.05, 0.1) is 12.8 Å². The molecule has 1 aromatic heterocycles. The van der Waals surface area contributed by atoms with Crippen molar-refractivity contribution in [1.82, 2.24) is 4.98 Å². The average Bonchev–Trinajstić information content (AvgIpc) is 3.23. The van der Waals surface area contributed by atoms with Crippen LogP contribution in [0.15, 0.2) is 23.6 Å². The first-order chi connectivity index (χ1) is 11.6. The van der Waals surface area contributed by atoms with Gasteiger partial charge >= 0.3 is 0 Å². The van der Waals surface area contributed by atoms with Crippen LogP contribution in [0.4, 0.5) is 9.52 Å². The van der Waals surface area contributed by atoms with Crippen LogP contribution in [0, 0.1) is 17.7 Å². The lowest BCUT2D eigenvalue weighted by atomic mass is 9.95. The van der Waals surface area contributed by atoms with Crippen LogP contribution in [0.25, 0.3) is 11.3 Å². The maximum Gasteiger partial charge on any atom is 0.229 e. The van der Waals surface area contributed by atoms with Crippen molar-refractivity contribution in [1.29, 1.82) is 0 Å². The zero-order chi connectivity index (χ0) is 17.1. The topological polar surface area (TPSA) is 77.2 Å². The van der Waals surface area contributed by atoms with E-state index in [-0.39, 0.29) is 35.9 Å². The number of hydrogen-bond acceptors (Lipinski definition) is 5. The second-order valence-electron chi connectivity index (χ2n) is 5.91. The van der Waals surface area contributed by atoms with E-state index < -0.39 is 5.82 Å². The van der Waals surface area contributed by atoms with E-state index in [2.05, 4.69) is 10.3 Å². The number of thiazole rings is 1. The summed E-state index contributed by atoms with van der Waals surface area (Å²) in [6, 6.07) is 4.68. The lowest BCUT2D eigenvalue weighted by molar-refractivity contribution is -0.120. The average molecular weight is 386 g/mol. The van der Waals surface area contributed by atoms with E-state index in [1.54, 1.807) is 17.5 Å². The first-order valence-electron chi connectivity index (χ1n) is 7.92. The fourth-order valence-corrected chi connectivity index (χ4v) is 3.87. The molecule has 0 bridgehead atoms. The number of ether oxygens (including phenoxy) is 1. The summed E-state index contributed by atoms with van der Waals surface area (Å²) < 4.78 is 18.7. The van der Waals surface area contributed by atoms with Gasteiger partial charge in [-0.25, -0.2) is 9.37 Å². The Morgan fingerprint density at radius 3 is 2.96 bits per heavy atom. The van der Waals surface area contributed by atoms with Gasteiger partial charge in [0.1, 0.15) is 0 Å². The van der Waals surface area contributed by atoms with Crippen molar-refractivity contribution in [3.05, 3.63) is 29.4 Å². The largest absolute Gasteiger partial charge is 0.494 e. The van der Waals surface area contributed by atoms with Crippen LogP contribution >= 0.6 is 23.7 Å². The fourth-order valence-electron chi connectivity index (χ4n) is 3.15. The molecule has 1 aromatic carbocycles. The molecule has 0 saturated heterocycles. The van der Waals surface area contributed by atoms with Crippen LogP contribution in [0.5, 0.6) is 5.75 Å². The molecule has 1 saturated carbocycles. The van der Waals surface area contributed by atoms with Crippen molar-refractivity contribution in [2.75, 3.05) is 19.0 Å². The Labute approximate surface area is 156 Å². The number of rotatable bonds is 5. The van der Waals surface area contributed by atoms with Crippen molar-refractivity contribution >= 4 is 34.8 Å². The van der Waals surface area contributed by atoms with Gasteiger partial charge < -0.3 is 15.8 Å². The van der Waals surface area contributed by atoms with Gasteiger partial charge in [0.2, 0.25) is 5.91 Å². The van der Waals surface area contributed by atoms with Crippen LogP contribution < -0.4 is 15.8 Å². The van der Waals surface area contributed by atoms with Crippen molar-refractivity contribution in [2.24, 2.45) is 17.6 Å². The number of methoxy groups -OCH3 is 1. The molecule has 1 heterocycles. The molecule has 136 valence electrons. The first kappa shape index (κ1) is 19.6. The standard InChI is InChI=1S/C17H20FN3O2S.ClH/c1-23-15-6-5-10(7-13(15)18)14-9-24-17(20-14)21-16(22)12-4-2-3-11(12)8-19;/h5-7,9,11-12H,2-4,8,19H2,1H3,(H,20,21,22);1H/t11-,12-;/m1./s1. The zero-order valence-electron chi connectivity index (χ0n) is 13.8. The quantitative estimate of drug-likeness (QED) is 0.822. The van der Waals surface area contributed by atoms with E-state index in [1.165, 1.54) is 24.5 Å². The minimum atomic E-state index is -0.440. The third-order valence-electron chi connectivity index (χ3n) is 4.48. The van der Waals surface area contributed by atoms with Crippen molar-refractivity contribution in [3.63, 3.8) is 0 Å². The molecular weight excluding hydrogens is 365 g/mol. The molecule has 25 heavy (non-hydrogen) atoms. The molecule has 0 radical (unpaired) electrons. The molecular formula is C17H21ClFN3O2S. The Morgan fingerprint density at radius 1 is 1.48 bits per heavy atom. The van der Waals surface area contributed by atoms with E-state index in [0.717, 1.165) is 19.3 Å². The number of carbonyl (C=O) groups excluding carboxylic acids is 1. The minimum absolute atomic E-state index is 0. The summed E-state index contributed by atoms with van der Waals surface area (Å²) in [6.07, 6.45) is 2.91. The highest BCUT2D eigenvalue weighted by molar-refractivity contribution is 7.14. The smallest absolute Gasteiger partial charge is 0.229 e. The third-order valence-corrected chi connectivity index (χ3v) is 5.24. The third kappa shape index (κ3) is 4.29. The molecule has 2 atom stereocenters. The van der Waals surface area contributed by atoms with Gasteiger partial charge in [-0.1, -0.05) is 6.42 Å². The van der Waals surface area contributed by atoms with E-state index in [0.29, 0.717) is 22.9 Å². The number of carbonyl (C=O) groups is 1. The Morgan fingerprint density at radius 2 is 2.28 bits per heavy atom. The highest BCUT2D eigenvalue weighted by Gasteiger charge is 2.32. The van der Waals surface area contributed by atoms with Gasteiger partial charge in [-0.05, 0) is 43.5 Å². The predicted octanol–water partition coefficient (Wildman–Crippen LogP) is 3.69. The van der Waals surface area contributed by atoms with Crippen molar-refractivity contribution < 1.29 is 13.9 Å². The second kappa shape index (κ2) is 8.60. The monoisotopic (exact) mass is 385 g/mol. The molecule has 3 N–H and O–H groups in total. The highest BCUT2D eigenvalue weighted by atomic mass is 35.5. The van der Waals surface area contributed by atoms with Crippen LogP contribution in [-0.2, 0) is 4.79 Å². The summed E-state index contributed by atoms with van der Waals surface area (Å²) >= 11 is 1.33. The molecule has 2 aromatic rings. The van der Waals surface area contributed by atoms with Crippen molar-refractivity contribution in [2.45, 2.75) is 19.3 Å². The van der Waals surface area contributed by atoms with E-state index in [1.807, 2.05) is 0 Å². The number of anilines is 1. The van der Waals surface area contributed by atoms with E-state index in [4.69, 9.17) is 10.5 Å². The Balaban J connectivity index is 0.00000225. The number of hydrogen-bond donors (Lipinski definition) is 2. The molecule has 1 fully saturated rings. The fraction of sp³-hybridized carbons (Fsp3) is 0.412. The van der Waals surface area contributed by atoms with Crippen LogP contribution in [-0.4, -0.2) is 24.5 Å². The summed E-state index contributed by atoms with van der Waals surface area (Å²) in [5.41, 5.74) is 7.00. The number of halogens is 2. The van der Waals surface area contributed by atoms with Crippen molar-refractivity contribution in [3.8, 4) is 17.0 Å². The van der Waals surface area contributed by atoms with Gasteiger partial charge in [-0.2, -0.15) is 0 Å². The lowest BCUT2D eigenvalue weighted by Crippen LogP contribution is -2.29. The second-order valence-corrected chi connectivity index (χ2v) is 6.77. The number of aromatic nitrogens is 1. The lowest BCUT2D eigenvalue weighted by Gasteiger charge is -2.16. The molecule has 8 heteroatoms. The molecule has 0 unspecified atom stereocenters. The maximum absolute atomic E-state index is 13.8. The molecule has 0 aliphatic heterocycles. The summed E-state index contributed by atoms with van der Waals surface area (Å²) in [4.78, 5) is 16.8. The van der Waals surface area contributed by atoms with Crippen LogP contribution in [0.1, 0.15) is 19.3 Å². The number of amides is 1. The van der Waals surface area contributed by atoms with E-state index >= 15 is 0 Å². The van der Waals surface area contributed by atoms with Gasteiger partial charge in [0.25, 0.3) is 0 Å². The Hall–Kier alpha value is -1.70. The number of benzene rings is 1. The molecule has 1 aliphatic carbocycles. The summed E-state index contributed by atoms with van der Waals surface area (Å²) in [6.45, 7) is 0.534. The number of nitrogens with zero attached hydrogens (tertiary/aromatic N) is 1. The first-order valence-corrected chi connectivity index (χ1v) is 8.80. The normalized spacial score (nSPS) is 19.3. The molecule has 0 spiro atoms. The zero-order valence-corrected chi connectivity index (χ0v) is 15.5. The molecule has 1 amide bonds. The summed E-state index contributed by atoms with van der Waals surface area (Å²) in [5.74, 6) is -0.0625. The van der Waals surface area contributed by atoms with Gasteiger partial charge in [0.15, 0.2) is 16.7 Å². The molecule has 5 nitrogen and oxygen atoms in total. The summed E-state index contributed by atoms with van der Waals surface area (Å²) in [5, 5.41) is 5.19. The van der Waals surface area contributed by atoms with E-state index in [9.17, 15) is 9.18 Å². The van der Waals surface area contributed by atoms with Gasteiger partial charge in [-0.3, -0.25) is 4.79 Å². The number of nitrogens with one attached hydrogen (secondary N) is 1. The highest BCUT2D eigenvalue weighted by Crippen LogP contribution is 2.33. The summed E-state index contributed by atoms with van der Waals surface area (Å²) in [7, 11) is 1.42. The Kier molecular flexibility index (Phi) is 6.75. The van der Waals surface area contributed by atoms with Crippen LogP contribution in [0.2, 0.25) is 0 Å². The van der Waals surface area contributed by atoms with Crippen LogP contribution in [0.3, 0.4) is 0 Å². The molecule has 1 aliphatic rings.